The van der Waals surface area contributed by atoms with Gasteiger partial charge in [0, 0.05) is 29.7 Å². The van der Waals surface area contributed by atoms with Gasteiger partial charge in [0.25, 0.3) is 0 Å². The van der Waals surface area contributed by atoms with Crippen LogP contribution >= 0.6 is 23.2 Å². The van der Waals surface area contributed by atoms with E-state index >= 15 is 0 Å². The zero-order chi connectivity index (χ0) is 19.1. The molecule has 4 nitrogen and oxygen atoms in total. The quantitative estimate of drug-likeness (QED) is 0.638. The molecule has 0 bridgehead atoms. The summed E-state index contributed by atoms with van der Waals surface area (Å²) in [6, 6.07) is 10.9. The monoisotopic (exact) mass is 393 g/mol. The molecule has 0 aliphatic carbocycles. The van der Waals surface area contributed by atoms with Gasteiger partial charge in [-0.1, -0.05) is 29.3 Å². The number of halogens is 2. The molecule has 0 fully saturated rings. The largest absolute Gasteiger partial charge is 0.493 e. The lowest BCUT2D eigenvalue weighted by atomic mass is 10.1. The molecule has 6 heteroatoms. The Labute approximate surface area is 163 Å². The lowest BCUT2D eigenvalue weighted by Crippen LogP contribution is -2.27. The predicted octanol–water partition coefficient (Wildman–Crippen LogP) is 4.72. The minimum atomic E-state index is -0.110. The van der Waals surface area contributed by atoms with Crippen LogP contribution in [-0.2, 0) is 11.2 Å². The van der Waals surface area contributed by atoms with Crippen molar-refractivity contribution in [2.75, 3.05) is 27.8 Å². The average Bonchev–Trinajstić information content (AvgIpc) is 2.66. The van der Waals surface area contributed by atoms with Crippen LogP contribution in [0.1, 0.15) is 11.1 Å². The topological polar surface area (TPSA) is 38.8 Å². The van der Waals surface area contributed by atoms with Gasteiger partial charge in [-0.2, -0.15) is 0 Å². The molecule has 0 radical (unpaired) electrons. The fourth-order valence-electron chi connectivity index (χ4n) is 2.37. The highest BCUT2D eigenvalue weighted by Gasteiger charge is 2.08. The normalized spacial score (nSPS) is 10.8. The second-order valence-electron chi connectivity index (χ2n) is 5.70. The Morgan fingerprint density at radius 3 is 2.50 bits per heavy atom. The lowest BCUT2D eigenvalue weighted by molar-refractivity contribution is -0.124. The molecular formula is C20H21Cl2NO3. The summed E-state index contributed by atoms with van der Waals surface area (Å²) >= 11 is 12.0. The third-order valence-electron chi connectivity index (χ3n) is 3.92. The first-order chi connectivity index (χ1) is 12.4. The lowest BCUT2D eigenvalue weighted by Gasteiger charge is -2.16. The average molecular weight is 394 g/mol. The number of likely N-dealkylation sites (N-methyl/N-ethyl adjacent to an activating group) is 1. The van der Waals surface area contributed by atoms with Gasteiger partial charge in [0.15, 0.2) is 11.5 Å². The van der Waals surface area contributed by atoms with Gasteiger partial charge in [-0.15, -0.1) is 0 Å². The van der Waals surface area contributed by atoms with Crippen LogP contribution in [-0.4, -0.2) is 38.6 Å². The Kier molecular flexibility index (Phi) is 7.37. The van der Waals surface area contributed by atoms with Gasteiger partial charge in [-0.3, -0.25) is 4.79 Å². The third kappa shape index (κ3) is 5.41. The second kappa shape index (κ2) is 9.51. The molecule has 0 atom stereocenters. The number of carbonyl (C=O) groups excluding carboxylic acids is 1. The minimum Gasteiger partial charge on any atom is -0.493 e. The van der Waals surface area contributed by atoms with E-state index in [0.717, 1.165) is 5.56 Å². The van der Waals surface area contributed by atoms with E-state index in [1.54, 1.807) is 50.4 Å². The summed E-state index contributed by atoms with van der Waals surface area (Å²) < 4.78 is 10.5. The summed E-state index contributed by atoms with van der Waals surface area (Å²) in [7, 11) is 4.96. The summed E-state index contributed by atoms with van der Waals surface area (Å²) in [4.78, 5) is 13.9. The molecule has 1 amide bonds. The van der Waals surface area contributed by atoms with Gasteiger partial charge in [0.05, 0.1) is 14.2 Å². The standard InChI is InChI=1S/C20H21Cl2NO3/c1-23(11-10-14-4-8-18(25-2)19(12-14)26-3)20(24)9-5-15-13-16(21)6-7-17(15)22/h4-9,12-13H,10-11H2,1-3H3/b9-5+. The molecule has 2 aromatic carbocycles. The summed E-state index contributed by atoms with van der Waals surface area (Å²) in [5.74, 6) is 1.25. The Balaban J connectivity index is 1.97. The first kappa shape index (κ1) is 20.1. The highest BCUT2D eigenvalue weighted by atomic mass is 35.5. The molecule has 0 unspecified atom stereocenters. The van der Waals surface area contributed by atoms with Crippen LogP contribution in [0.15, 0.2) is 42.5 Å². The van der Waals surface area contributed by atoms with Crippen LogP contribution in [0.3, 0.4) is 0 Å². The van der Waals surface area contributed by atoms with Gasteiger partial charge < -0.3 is 14.4 Å². The van der Waals surface area contributed by atoms with Gasteiger partial charge in [-0.25, -0.2) is 0 Å². The van der Waals surface area contributed by atoms with Crippen molar-refractivity contribution in [2.45, 2.75) is 6.42 Å². The van der Waals surface area contributed by atoms with Crippen molar-refractivity contribution < 1.29 is 14.3 Å². The highest BCUT2D eigenvalue weighted by Crippen LogP contribution is 2.27. The van der Waals surface area contributed by atoms with E-state index in [1.165, 1.54) is 6.08 Å². The molecule has 26 heavy (non-hydrogen) atoms. The molecule has 2 rings (SSSR count). The highest BCUT2D eigenvalue weighted by molar-refractivity contribution is 6.34. The molecule has 0 saturated heterocycles. The van der Waals surface area contributed by atoms with E-state index < -0.39 is 0 Å². The van der Waals surface area contributed by atoms with Crippen molar-refractivity contribution in [2.24, 2.45) is 0 Å². The van der Waals surface area contributed by atoms with Gasteiger partial charge in [0.2, 0.25) is 5.91 Å². The maximum absolute atomic E-state index is 12.3. The van der Waals surface area contributed by atoms with Crippen molar-refractivity contribution in [3.63, 3.8) is 0 Å². The number of amides is 1. The van der Waals surface area contributed by atoms with Gasteiger partial charge >= 0.3 is 0 Å². The smallest absolute Gasteiger partial charge is 0.246 e. The number of rotatable bonds is 7. The predicted molar refractivity (Wildman–Crippen MR) is 106 cm³/mol. The van der Waals surface area contributed by atoms with Gasteiger partial charge in [0.1, 0.15) is 0 Å². The fraction of sp³-hybridized carbons (Fsp3) is 0.250. The zero-order valence-corrected chi connectivity index (χ0v) is 16.5. The number of ether oxygens (including phenoxy) is 2. The summed E-state index contributed by atoms with van der Waals surface area (Å²) in [6.07, 6.45) is 3.87. The molecule has 0 aromatic heterocycles. The second-order valence-corrected chi connectivity index (χ2v) is 6.54. The number of benzene rings is 2. The fourth-order valence-corrected chi connectivity index (χ4v) is 2.73. The van der Waals surface area contributed by atoms with Gasteiger partial charge in [-0.05, 0) is 54.0 Å². The van der Waals surface area contributed by atoms with Crippen LogP contribution in [0.4, 0.5) is 0 Å². The number of carbonyl (C=O) groups is 1. The maximum atomic E-state index is 12.3. The van der Waals surface area contributed by atoms with Crippen LogP contribution in [0.2, 0.25) is 10.0 Å². The summed E-state index contributed by atoms with van der Waals surface area (Å²) in [6.45, 7) is 0.571. The Morgan fingerprint density at radius 2 is 1.81 bits per heavy atom. The minimum absolute atomic E-state index is 0.110. The molecule has 0 aliphatic heterocycles. The Hall–Kier alpha value is -2.17. The Bertz CT molecular complexity index is 806. The molecule has 0 N–H and O–H groups in total. The van der Waals surface area contributed by atoms with Crippen molar-refractivity contribution in [3.8, 4) is 11.5 Å². The van der Waals surface area contributed by atoms with E-state index in [2.05, 4.69) is 0 Å². The van der Waals surface area contributed by atoms with Crippen molar-refractivity contribution in [3.05, 3.63) is 63.6 Å². The zero-order valence-electron chi connectivity index (χ0n) is 15.0. The molecule has 0 aliphatic rings. The van der Waals surface area contributed by atoms with E-state index in [4.69, 9.17) is 32.7 Å². The van der Waals surface area contributed by atoms with E-state index in [0.29, 0.717) is 40.1 Å². The van der Waals surface area contributed by atoms with Crippen LogP contribution in [0.5, 0.6) is 11.5 Å². The summed E-state index contributed by atoms with van der Waals surface area (Å²) in [5.41, 5.74) is 1.77. The van der Waals surface area contributed by atoms with Crippen molar-refractivity contribution in [1.29, 1.82) is 0 Å². The maximum Gasteiger partial charge on any atom is 0.246 e. The molecular weight excluding hydrogens is 373 g/mol. The summed E-state index contributed by atoms with van der Waals surface area (Å²) in [5, 5.41) is 1.12. The number of nitrogens with zero attached hydrogens (tertiary/aromatic N) is 1. The number of hydrogen-bond acceptors (Lipinski definition) is 3. The molecule has 2 aromatic rings. The third-order valence-corrected chi connectivity index (χ3v) is 4.50. The van der Waals surface area contributed by atoms with Crippen molar-refractivity contribution in [1.82, 2.24) is 4.90 Å². The number of hydrogen-bond donors (Lipinski definition) is 0. The first-order valence-electron chi connectivity index (χ1n) is 8.03. The van der Waals surface area contributed by atoms with E-state index in [9.17, 15) is 4.79 Å². The van der Waals surface area contributed by atoms with Crippen LogP contribution in [0.25, 0.3) is 6.08 Å². The molecule has 138 valence electrons. The van der Waals surface area contributed by atoms with Crippen molar-refractivity contribution >= 4 is 35.2 Å². The molecule has 0 spiro atoms. The molecule has 0 heterocycles. The van der Waals surface area contributed by atoms with Crippen LogP contribution in [0, 0.1) is 0 Å². The SMILES string of the molecule is COc1ccc(CCN(C)C(=O)/C=C/c2cc(Cl)ccc2Cl)cc1OC. The molecule has 0 saturated carbocycles. The first-order valence-corrected chi connectivity index (χ1v) is 8.79. The number of methoxy groups -OCH3 is 2. The van der Waals surface area contributed by atoms with E-state index in [-0.39, 0.29) is 5.91 Å². The Morgan fingerprint density at radius 1 is 1.08 bits per heavy atom. The van der Waals surface area contributed by atoms with Crippen LogP contribution < -0.4 is 9.47 Å². The van der Waals surface area contributed by atoms with E-state index in [1.807, 2.05) is 18.2 Å².